The average Bonchev–Trinajstić information content (AvgIpc) is 3.78. The van der Waals surface area contributed by atoms with Gasteiger partial charge in [0.05, 0.1) is 0 Å². The van der Waals surface area contributed by atoms with Crippen molar-refractivity contribution in [2.75, 3.05) is 0 Å². The minimum absolute atomic E-state index is 1.03. The monoisotopic (exact) mass is 899 g/mol. The molecule has 0 aliphatic rings. The van der Waals surface area contributed by atoms with Crippen LogP contribution < -0.4 is 126 Å². The molecule has 10 aromatic rings. The molecular formula is C48H53B23O. The summed E-state index contributed by atoms with van der Waals surface area (Å²) in [5, 5.41) is 10.7. The first-order chi connectivity index (χ1) is 33.9. The molecule has 9 aromatic carbocycles. The lowest BCUT2D eigenvalue weighted by Crippen LogP contribution is -2.51. The molecule has 0 amide bonds. The molecule has 72 heavy (non-hydrogen) atoms. The Kier molecular flexibility index (Phi) is 12.4. The van der Waals surface area contributed by atoms with E-state index in [1.165, 1.54) is 213 Å². The van der Waals surface area contributed by atoms with Gasteiger partial charge in [-0.25, -0.2) is 0 Å². The number of furan rings is 1. The van der Waals surface area contributed by atoms with Gasteiger partial charge in [-0.05, 0) is 82.9 Å². The number of rotatable bonds is 4. The van der Waals surface area contributed by atoms with E-state index < -0.39 is 0 Å². The zero-order valence-electron chi connectivity index (χ0n) is 47.9. The fraction of sp³-hybridized carbons (Fsp3) is 0. The Hall–Kier alpha value is -4.95. The van der Waals surface area contributed by atoms with Crippen LogP contribution in [0.25, 0.3) is 98.8 Å². The highest BCUT2D eigenvalue weighted by molar-refractivity contribution is 6.75. The second-order valence-electron chi connectivity index (χ2n) is 22.6. The topological polar surface area (TPSA) is 13.1 Å². The van der Waals surface area contributed by atoms with E-state index in [4.69, 9.17) is 4.42 Å². The molecule has 0 saturated carbocycles. The highest BCUT2D eigenvalue weighted by Crippen LogP contribution is 2.39. The maximum absolute atomic E-state index is 6.94. The van der Waals surface area contributed by atoms with Gasteiger partial charge in [-0.2, -0.15) is 0 Å². The first-order valence-corrected chi connectivity index (χ1v) is 26.5. The third-order valence-electron chi connectivity index (χ3n) is 19.8. The molecule has 1 nitrogen and oxygen atoms in total. The van der Waals surface area contributed by atoms with E-state index in [0.717, 1.165) is 11.2 Å². The predicted molar refractivity (Wildman–Crippen MR) is 396 cm³/mol. The Labute approximate surface area is 448 Å². The van der Waals surface area contributed by atoms with Crippen LogP contribution in [0.3, 0.4) is 0 Å². The fourth-order valence-electron chi connectivity index (χ4n) is 13.9. The molecule has 24 heteroatoms. The standard InChI is InChI=1S/C48H53B23O/c49-24-11(10-6-5-8-3-1-2-4-9(8)7-10)26(51)38(63)35(60)18(24)12-14-16(29(54)41(66)39(64)27(14)52)13(17-15(12)28(53)40(65)42(67)30(17)55)19-31(56)33(58)21(34(59)32(19)57)20-25(50)22-23-37(62)43(68)44(69)46(71)48(23)72-47(22)45(70)36(20)61/h1-7H,49-71H2. The molecule has 0 bridgehead atoms. The van der Waals surface area contributed by atoms with Crippen molar-refractivity contribution in [1.29, 1.82) is 0 Å². The second kappa shape index (κ2) is 17.6. The van der Waals surface area contributed by atoms with Crippen LogP contribution in [0.4, 0.5) is 0 Å². The molecule has 0 fully saturated rings. The van der Waals surface area contributed by atoms with Crippen molar-refractivity contribution < 1.29 is 4.42 Å². The first kappa shape index (κ1) is 50.6. The quantitative estimate of drug-likeness (QED) is 0.127. The van der Waals surface area contributed by atoms with E-state index in [1.807, 2.05) is 0 Å². The Morgan fingerprint density at radius 1 is 0.208 bits per heavy atom. The molecule has 0 aliphatic carbocycles. The Balaban J connectivity index is 1.39. The lowest BCUT2D eigenvalue weighted by atomic mass is 9.55. The average molecular weight is 895 g/mol. The summed E-state index contributed by atoms with van der Waals surface area (Å²) in [4.78, 5) is 0. The van der Waals surface area contributed by atoms with E-state index in [2.05, 4.69) is 223 Å². The Morgan fingerprint density at radius 3 is 0.958 bits per heavy atom. The van der Waals surface area contributed by atoms with Crippen LogP contribution in [0.2, 0.25) is 0 Å². The summed E-state index contributed by atoms with van der Waals surface area (Å²) in [6.07, 6.45) is 0. The number of hydrogen-bond acceptors (Lipinski definition) is 1. The summed E-state index contributed by atoms with van der Waals surface area (Å²) >= 11 is 0. The molecule has 0 atom stereocenters. The van der Waals surface area contributed by atoms with Gasteiger partial charge < -0.3 is 4.42 Å². The molecule has 0 radical (unpaired) electrons. The summed E-state index contributed by atoms with van der Waals surface area (Å²) in [6, 6.07) is 15.9. The van der Waals surface area contributed by atoms with E-state index in [9.17, 15) is 0 Å². The van der Waals surface area contributed by atoms with Crippen LogP contribution in [0, 0.1) is 0 Å². The zero-order chi connectivity index (χ0) is 52.3. The first-order valence-electron chi connectivity index (χ1n) is 26.5. The Morgan fingerprint density at radius 2 is 0.500 bits per heavy atom. The van der Waals surface area contributed by atoms with Gasteiger partial charge in [0.15, 0.2) is 0 Å². The van der Waals surface area contributed by atoms with Crippen LogP contribution in [0.5, 0.6) is 0 Å². The predicted octanol–water partition coefficient (Wildman–Crippen LogP) is -26.3. The third kappa shape index (κ3) is 6.74. The van der Waals surface area contributed by atoms with E-state index in [-0.39, 0.29) is 0 Å². The van der Waals surface area contributed by atoms with Gasteiger partial charge in [0.2, 0.25) is 0 Å². The van der Waals surface area contributed by atoms with Crippen LogP contribution in [-0.4, -0.2) is 180 Å². The van der Waals surface area contributed by atoms with Gasteiger partial charge in [0.1, 0.15) is 192 Å². The molecule has 0 aliphatic heterocycles. The molecule has 0 unspecified atom stereocenters. The van der Waals surface area contributed by atoms with E-state index in [0.29, 0.717) is 0 Å². The lowest BCUT2D eigenvalue weighted by molar-refractivity contribution is 0.675. The van der Waals surface area contributed by atoms with E-state index >= 15 is 0 Å². The SMILES string of the molecule is Bc1c(B)c(-c2ccc3ccccc3c2)c(B)c(-c2c3c(B)c(B)c(B)c(B)c3c(-c3c(B)c(B)c(-c4c(B)c(B)c5oc6c(B)c(B)c(B)c(B)c6c5c4B)c(B)c3B)c3c(B)c(B)c(B)c(B)c23)c1B. The molecule has 0 N–H and O–H groups in total. The van der Waals surface area contributed by atoms with Crippen molar-refractivity contribution in [1.82, 2.24) is 0 Å². The zero-order valence-corrected chi connectivity index (χ0v) is 47.9. The van der Waals surface area contributed by atoms with Gasteiger partial charge in [-0.15, -0.1) is 32.8 Å². The molecule has 0 spiro atoms. The van der Waals surface area contributed by atoms with Gasteiger partial charge in [-0.3, -0.25) is 0 Å². The number of hydrogen-bond donors (Lipinski definition) is 0. The highest BCUT2D eigenvalue weighted by Gasteiger charge is 2.31. The van der Waals surface area contributed by atoms with Gasteiger partial charge in [-0.1, -0.05) is 129 Å². The minimum atomic E-state index is 1.03. The molecule has 320 valence electrons. The third-order valence-corrected chi connectivity index (χ3v) is 19.8. The van der Waals surface area contributed by atoms with Crippen molar-refractivity contribution in [3.05, 3.63) is 42.5 Å². The maximum Gasteiger partial charge on any atom is 0.143 e. The molecule has 1 heterocycles. The van der Waals surface area contributed by atoms with Crippen LogP contribution in [0.1, 0.15) is 0 Å². The molecule has 1 aromatic heterocycles. The van der Waals surface area contributed by atoms with Crippen LogP contribution in [-0.2, 0) is 0 Å². The summed E-state index contributed by atoms with van der Waals surface area (Å²) in [5.74, 6) is 0. The number of benzene rings is 9. The summed E-state index contributed by atoms with van der Waals surface area (Å²) in [6.45, 7) is 0. The normalized spacial score (nSPS) is 11.8. The largest absolute Gasteiger partial charge is 0.457 e. The van der Waals surface area contributed by atoms with E-state index in [1.54, 1.807) is 0 Å². The smallest absolute Gasteiger partial charge is 0.143 e. The van der Waals surface area contributed by atoms with Crippen molar-refractivity contribution >= 4 is 360 Å². The fourth-order valence-corrected chi connectivity index (χ4v) is 13.9. The lowest BCUT2D eigenvalue weighted by Gasteiger charge is -2.32. The Bertz CT molecular complexity index is 4090. The second-order valence-corrected chi connectivity index (χ2v) is 22.6. The van der Waals surface area contributed by atoms with Gasteiger partial charge in [0.25, 0.3) is 0 Å². The summed E-state index contributed by atoms with van der Waals surface area (Å²) in [5.41, 5.74) is 44.0. The number of fused-ring (bicyclic) bond motifs is 6. The summed E-state index contributed by atoms with van der Waals surface area (Å²) < 4.78 is 6.94. The minimum Gasteiger partial charge on any atom is -0.457 e. The van der Waals surface area contributed by atoms with Crippen molar-refractivity contribution in [3.8, 4) is 44.5 Å². The molecule has 0 saturated heterocycles. The summed E-state index contributed by atoms with van der Waals surface area (Å²) in [7, 11) is 54.3. The van der Waals surface area contributed by atoms with Crippen LogP contribution in [0.15, 0.2) is 46.9 Å². The van der Waals surface area contributed by atoms with Gasteiger partial charge >= 0.3 is 0 Å². The maximum atomic E-state index is 6.94. The van der Waals surface area contributed by atoms with Gasteiger partial charge in [0, 0.05) is 10.8 Å². The van der Waals surface area contributed by atoms with Crippen LogP contribution >= 0.6 is 0 Å². The highest BCUT2D eigenvalue weighted by atomic mass is 16.3. The van der Waals surface area contributed by atoms with Crippen molar-refractivity contribution in [2.24, 2.45) is 0 Å². The molecule has 10 rings (SSSR count). The van der Waals surface area contributed by atoms with Crippen molar-refractivity contribution in [2.45, 2.75) is 0 Å². The molecular weight excluding hydrogens is 841 g/mol. The van der Waals surface area contributed by atoms with Crippen molar-refractivity contribution in [3.63, 3.8) is 0 Å².